The molecule has 7 heteroatoms. The van der Waals surface area contributed by atoms with E-state index in [0.29, 0.717) is 12.5 Å². The molecule has 0 amide bonds. The summed E-state index contributed by atoms with van der Waals surface area (Å²) in [7, 11) is 0. The summed E-state index contributed by atoms with van der Waals surface area (Å²) in [6.07, 6.45) is 8.31. The lowest BCUT2D eigenvalue weighted by Crippen LogP contribution is -2.18. The fourth-order valence-electron chi connectivity index (χ4n) is 2.14. The lowest BCUT2D eigenvalue weighted by Gasteiger charge is -2.18. The lowest BCUT2D eigenvalue weighted by molar-refractivity contribution is -0.385. The van der Waals surface area contributed by atoms with Crippen LogP contribution in [-0.4, -0.2) is 27.5 Å². The van der Waals surface area contributed by atoms with E-state index in [-0.39, 0.29) is 17.1 Å². The van der Waals surface area contributed by atoms with E-state index in [1.807, 2.05) is 0 Å². The van der Waals surface area contributed by atoms with Gasteiger partial charge >= 0.3 is 5.97 Å². The van der Waals surface area contributed by atoms with Crippen molar-refractivity contribution in [3.8, 4) is 0 Å². The Morgan fingerprint density at radius 2 is 2.35 bits per heavy atom. The number of nitro groups is 1. The summed E-state index contributed by atoms with van der Waals surface area (Å²) in [6, 6.07) is 1.03. The van der Waals surface area contributed by atoms with Crippen LogP contribution in [0.1, 0.15) is 29.6 Å². The number of allylic oxidation sites excluding steroid dienone is 2. The number of nitrogens with one attached hydrogen (secondary N) is 1. The number of hydrogen-bond acceptors (Lipinski definition) is 5. The standard InChI is InChI=1S/C13H15N3O4/c17-13(18)11-6-10(16(19)20)8-15-12(11)14-7-9-4-2-1-3-5-9/h1-2,6,8-9H,3-5,7H2,(H,14,15)(H,17,18). The summed E-state index contributed by atoms with van der Waals surface area (Å²) in [5, 5.41) is 22.7. The summed E-state index contributed by atoms with van der Waals surface area (Å²) in [4.78, 5) is 25.0. The number of aromatic nitrogens is 1. The highest BCUT2D eigenvalue weighted by molar-refractivity contribution is 5.93. The molecule has 0 aliphatic heterocycles. The second kappa shape index (κ2) is 6.14. The van der Waals surface area contributed by atoms with E-state index in [1.165, 1.54) is 0 Å². The summed E-state index contributed by atoms with van der Waals surface area (Å²) in [5.41, 5.74) is -0.501. The topological polar surface area (TPSA) is 105 Å². The second-order valence-electron chi connectivity index (χ2n) is 4.68. The highest BCUT2D eigenvalue weighted by Crippen LogP contribution is 2.22. The smallest absolute Gasteiger partial charge is 0.339 e. The summed E-state index contributed by atoms with van der Waals surface area (Å²) in [6.45, 7) is 0.607. The number of carboxylic acid groups (broad SMARTS) is 1. The van der Waals surface area contributed by atoms with Crippen LogP contribution in [0.4, 0.5) is 11.5 Å². The Morgan fingerprint density at radius 3 is 2.95 bits per heavy atom. The van der Waals surface area contributed by atoms with Gasteiger partial charge in [-0.1, -0.05) is 12.2 Å². The molecule has 0 fully saturated rings. The minimum atomic E-state index is -1.23. The van der Waals surface area contributed by atoms with Gasteiger partial charge in [0.1, 0.15) is 17.6 Å². The Kier molecular flexibility index (Phi) is 4.29. The van der Waals surface area contributed by atoms with Gasteiger partial charge in [-0.3, -0.25) is 10.1 Å². The van der Waals surface area contributed by atoms with Gasteiger partial charge in [0, 0.05) is 12.6 Å². The summed E-state index contributed by atoms with van der Waals surface area (Å²) < 4.78 is 0. The Hall–Kier alpha value is -2.44. The third kappa shape index (κ3) is 3.31. The molecule has 1 heterocycles. The number of carboxylic acids is 1. The second-order valence-corrected chi connectivity index (χ2v) is 4.68. The molecule has 2 N–H and O–H groups in total. The van der Waals surface area contributed by atoms with E-state index in [4.69, 9.17) is 5.11 Å². The Morgan fingerprint density at radius 1 is 1.55 bits per heavy atom. The van der Waals surface area contributed by atoms with Crippen molar-refractivity contribution in [1.82, 2.24) is 4.98 Å². The molecule has 1 aliphatic rings. The Labute approximate surface area is 115 Å². The van der Waals surface area contributed by atoms with Gasteiger partial charge < -0.3 is 10.4 Å². The minimum absolute atomic E-state index is 0.175. The highest BCUT2D eigenvalue weighted by atomic mass is 16.6. The van der Waals surface area contributed by atoms with Crippen LogP contribution in [0.25, 0.3) is 0 Å². The molecule has 0 radical (unpaired) electrons. The van der Waals surface area contributed by atoms with Crippen molar-refractivity contribution in [3.63, 3.8) is 0 Å². The molecule has 1 atom stereocenters. The maximum Gasteiger partial charge on any atom is 0.339 e. The molecule has 0 aromatic carbocycles. The molecule has 20 heavy (non-hydrogen) atoms. The van der Waals surface area contributed by atoms with Crippen LogP contribution >= 0.6 is 0 Å². The molecule has 1 aromatic rings. The molecule has 1 aliphatic carbocycles. The van der Waals surface area contributed by atoms with Crippen molar-refractivity contribution >= 4 is 17.5 Å². The number of carbonyl (C=O) groups is 1. The van der Waals surface area contributed by atoms with E-state index in [2.05, 4.69) is 22.5 Å². The van der Waals surface area contributed by atoms with Gasteiger partial charge in [-0.25, -0.2) is 9.78 Å². The molecule has 1 aromatic heterocycles. The Bertz CT molecular complexity index is 557. The van der Waals surface area contributed by atoms with Crippen LogP contribution in [0.2, 0.25) is 0 Å². The van der Waals surface area contributed by atoms with Gasteiger partial charge in [0.2, 0.25) is 0 Å². The van der Waals surface area contributed by atoms with Crippen molar-refractivity contribution < 1.29 is 14.8 Å². The van der Waals surface area contributed by atoms with Gasteiger partial charge in [0.25, 0.3) is 5.69 Å². The third-order valence-corrected chi connectivity index (χ3v) is 3.25. The lowest BCUT2D eigenvalue weighted by atomic mass is 9.94. The highest BCUT2D eigenvalue weighted by Gasteiger charge is 2.18. The number of pyridine rings is 1. The van der Waals surface area contributed by atoms with E-state index in [9.17, 15) is 14.9 Å². The van der Waals surface area contributed by atoms with Crippen LogP contribution < -0.4 is 5.32 Å². The summed E-state index contributed by atoms with van der Waals surface area (Å²) >= 11 is 0. The van der Waals surface area contributed by atoms with Gasteiger partial charge in [-0.05, 0) is 25.2 Å². The zero-order valence-corrected chi connectivity index (χ0v) is 10.8. The minimum Gasteiger partial charge on any atom is -0.478 e. The first-order valence-electron chi connectivity index (χ1n) is 6.34. The molecule has 7 nitrogen and oxygen atoms in total. The maximum absolute atomic E-state index is 11.1. The van der Waals surface area contributed by atoms with Crippen molar-refractivity contribution in [3.05, 3.63) is 40.1 Å². The molecular weight excluding hydrogens is 262 g/mol. The zero-order chi connectivity index (χ0) is 14.5. The predicted molar refractivity (Wildman–Crippen MR) is 72.8 cm³/mol. The van der Waals surface area contributed by atoms with Gasteiger partial charge in [0.15, 0.2) is 0 Å². The molecule has 106 valence electrons. The van der Waals surface area contributed by atoms with E-state index >= 15 is 0 Å². The molecule has 0 spiro atoms. The van der Waals surface area contributed by atoms with Crippen LogP contribution in [0.5, 0.6) is 0 Å². The van der Waals surface area contributed by atoms with Crippen molar-refractivity contribution in [1.29, 1.82) is 0 Å². The molecule has 2 rings (SSSR count). The first-order chi connectivity index (χ1) is 9.58. The summed E-state index contributed by atoms with van der Waals surface area (Å²) in [5.74, 6) is -0.622. The largest absolute Gasteiger partial charge is 0.478 e. The van der Waals surface area contributed by atoms with Gasteiger partial charge in [-0.2, -0.15) is 0 Å². The van der Waals surface area contributed by atoms with Crippen LogP contribution in [-0.2, 0) is 0 Å². The molecule has 0 saturated carbocycles. The predicted octanol–water partition coefficient (Wildman–Crippen LogP) is 2.46. The SMILES string of the molecule is O=C(O)c1cc([N+](=O)[O-])cnc1NCC1CC=CCC1. The number of rotatable bonds is 5. The monoisotopic (exact) mass is 277 g/mol. The number of hydrogen-bond donors (Lipinski definition) is 2. The maximum atomic E-state index is 11.1. The molecule has 0 saturated heterocycles. The van der Waals surface area contributed by atoms with Crippen LogP contribution in [0, 0.1) is 16.0 Å². The molecular formula is C13H15N3O4. The zero-order valence-electron chi connectivity index (χ0n) is 10.8. The fourth-order valence-corrected chi connectivity index (χ4v) is 2.14. The number of aromatic carboxylic acids is 1. The third-order valence-electron chi connectivity index (χ3n) is 3.25. The number of anilines is 1. The van der Waals surface area contributed by atoms with E-state index in [1.54, 1.807) is 0 Å². The van der Waals surface area contributed by atoms with Crippen molar-refractivity contribution in [2.75, 3.05) is 11.9 Å². The molecule has 0 bridgehead atoms. The first kappa shape index (κ1) is 14.0. The van der Waals surface area contributed by atoms with Crippen LogP contribution in [0.15, 0.2) is 24.4 Å². The van der Waals surface area contributed by atoms with Crippen molar-refractivity contribution in [2.24, 2.45) is 5.92 Å². The fraction of sp³-hybridized carbons (Fsp3) is 0.385. The van der Waals surface area contributed by atoms with E-state index < -0.39 is 10.9 Å². The van der Waals surface area contributed by atoms with E-state index in [0.717, 1.165) is 31.5 Å². The quantitative estimate of drug-likeness (QED) is 0.486. The average molecular weight is 277 g/mol. The van der Waals surface area contributed by atoms with Crippen LogP contribution in [0.3, 0.4) is 0 Å². The first-order valence-corrected chi connectivity index (χ1v) is 6.34. The van der Waals surface area contributed by atoms with Gasteiger partial charge in [-0.15, -0.1) is 0 Å². The normalized spacial score (nSPS) is 17.7. The Balaban J connectivity index is 2.12. The number of nitrogens with zero attached hydrogens (tertiary/aromatic N) is 2. The molecule has 1 unspecified atom stereocenters. The van der Waals surface area contributed by atoms with Crippen molar-refractivity contribution in [2.45, 2.75) is 19.3 Å². The average Bonchev–Trinajstić information content (AvgIpc) is 2.45. The van der Waals surface area contributed by atoms with Gasteiger partial charge in [0.05, 0.1) is 4.92 Å².